The van der Waals surface area contributed by atoms with Crippen molar-refractivity contribution in [2.45, 2.75) is 44.2 Å². The Labute approximate surface area is 186 Å². The zero-order valence-electron chi connectivity index (χ0n) is 18.1. The summed E-state index contributed by atoms with van der Waals surface area (Å²) in [6.07, 6.45) is -1.18. The zero-order chi connectivity index (χ0) is 23.3. The molecule has 1 atom stereocenters. The van der Waals surface area contributed by atoms with Crippen molar-refractivity contribution < 1.29 is 29.3 Å². The van der Waals surface area contributed by atoms with Crippen LogP contribution >= 0.6 is 0 Å². The number of fused-ring (bicyclic) bond motifs is 3. The van der Waals surface area contributed by atoms with Gasteiger partial charge in [0.2, 0.25) is 5.91 Å². The molecule has 170 valence electrons. The van der Waals surface area contributed by atoms with Gasteiger partial charge in [-0.05, 0) is 42.5 Å². The third-order valence-electron chi connectivity index (χ3n) is 5.53. The molecule has 0 saturated carbocycles. The molecule has 32 heavy (non-hydrogen) atoms. The average Bonchev–Trinajstić information content (AvgIpc) is 3.05. The molecule has 1 aliphatic carbocycles. The van der Waals surface area contributed by atoms with Gasteiger partial charge in [-0.2, -0.15) is 0 Å². The van der Waals surface area contributed by atoms with Gasteiger partial charge in [0.15, 0.2) is 0 Å². The van der Waals surface area contributed by atoms with E-state index in [1.54, 1.807) is 13.8 Å². The van der Waals surface area contributed by atoms with Gasteiger partial charge in [-0.25, -0.2) is 4.79 Å². The van der Waals surface area contributed by atoms with Crippen LogP contribution in [0.3, 0.4) is 0 Å². The third-order valence-corrected chi connectivity index (χ3v) is 5.53. The van der Waals surface area contributed by atoms with Crippen molar-refractivity contribution in [1.29, 1.82) is 0 Å². The standard InChI is InChI=1S/C24H28N2O6/c1-24(2,11-12-27)26-22(30)20(13-21(28)29)25-23(31)32-14-19-17-9-5-3-7-15(17)16-8-4-6-10-18(16)19/h3-10,19-20,27H,11-14H2,1-2H3,(H,25,31)(H,26,30)(H,28,29). The number of carbonyl (C=O) groups is 3. The number of hydrogen-bond donors (Lipinski definition) is 4. The second-order valence-electron chi connectivity index (χ2n) is 8.47. The van der Waals surface area contributed by atoms with Crippen molar-refractivity contribution in [1.82, 2.24) is 10.6 Å². The number of ether oxygens (including phenoxy) is 1. The number of carboxylic acid groups (broad SMARTS) is 1. The van der Waals surface area contributed by atoms with Crippen LogP contribution in [-0.4, -0.2) is 53.0 Å². The maximum atomic E-state index is 12.6. The van der Waals surface area contributed by atoms with E-state index in [9.17, 15) is 14.4 Å². The molecular formula is C24H28N2O6. The third kappa shape index (κ3) is 5.45. The second-order valence-corrected chi connectivity index (χ2v) is 8.47. The van der Waals surface area contributed by atoms with E-state index in [4.69, 9.17) is 14.9 Å². The van der Waals surface area contributed by atoms with Crippen LogP contribution in [0.5, 0.6) is 0 Å². The van der Waals surface area contributed by atoms with Gasteiger partial charge in [0.1, 0.15) is 12.6 Å². The molecule has 2 aromatic rings. The molecular weight excluding hydrogens is 412 g/mol. The van der Waals surface area contributed by atoms with Crippen molar-refractivity contribution in [3.8, 4) is 11.1 Å². The Morgan fingerprint density at radius 3 is 2.12 bits per heavy atom. The molecule has 4 N–H and O–H groups in total. The molecule has 2 amide bonds. The average molecular weight is 440 g/mol. The first-order valence-corrected chi connectivity index (χ1v) is 10.5. The molecule has 1 aliphatic rings. The number of carbonyl (C=O) groups excluding carboxylic acids is 2. The van der Waals surface area contributed by atoms with E-state index in [1.807, 2.05) is 48.5 Å². The number of hydrogen-bond acceptors (Lipinski definition) is 5. The Morgan fingerprint density at radius 1 is 1.03 bits per heavy atom. The number of benzene rings is 2. The fourth-order valence-corrected chi connectivity index (χ4v) is 3.93. The topological polar surface area (TPSA) is 125 Å². The summed E-state index contributed by atoms with van der Waals surface area (Å²) in [5, 5.41) is 23.3. The second kappa shape index (κ2) is 9.82. The van der Waals surface area contributed by atoms with Gasteiger partial charge in [-0.15, -0.1) is 0 Å². The predicted octanol–water partition coefficient (Wildman–Crippen LogP) is 2.65. The highest BCUT2D eigenvalue weighted by atomic mass is 16.5. The minimum absolute atomic E-state index is 0.0529. The van der Waals surface area contributed by atoms with Crippen LogP contribution in [0, 0.1) is 0 Å². The van der Waals surface area contributed by atoms with Crippen LogP contribution in [0.4, 0.5) is 4.79 Å². The summed E-state index contributed by atoms with van der Waals surface area (Å²) < 4.78 is 5.42. The summed E-state index contributed by atoms with van der Waals surface area (Å²) in [5.74, 6) is -2.04. The lowest BCUT2D eigenvalue weighted by Gasteiger charge is -2.28. The summed E-state index contributed by atoms with van der Waals surface area (Å²) in [5.41, 5.74) is 3.52. The van der Waals surface area contributed by atoms with Crippen molar-refractivity contribution >= 4 is 18.0 Å². The summed E-state index contributed by atoms with van der Waals surface area (Å²) in [7, 11) is 0. The van der Waals surface area contributed by atoms with E-state index in [0.717, 1.165) is 22.3 Å². The fraction of sp³-hybridized carbons (Fsp3) is 0.375. The van der Waals surface area contributed by atoms with Gasteiger partial charge in [0.05, 0.1) is 6.42 Å². The minimum Gasteiger partial charge on any atom is -0.481 e. The van der Waals surface area contributed by atoms with E-state index in [1.165, 1.54) is 0 Å². The van der Waals surface area contributed by atoms with Crippen molar-refractivity contribution in [3.63, 3.8) is 0 Å². The van der Waals surface area contributed by atoms with Crippen molar-refractivity contribution in [2.75, 3.05) is 13.2 Å². The lowest BCUT2D eigenvalue weighted by Crippen LogP contribution is -2.54. The Kier molecular flexibility index (Phi) is 7.15. The van der Waals surface area contributed by atoms with Crippen LogP contribution in [-0.2, 0) is 14.3 Å². The van der Waals surface area contributed by atoms with Crippen LogP contribution in [0.1, 0.15) is 43.7 Å². The number of aliphatic hydroxyl groups excluding tert-OH is 1. The summed E-state index contributed by atoms with van der Waals surface area (Å²) in [6, 6.07) is 14.5. The molecule has 3 rings (SSSR count). The van der Waals surface area contributed by atoms with E-state index < -0.39 is 36.0 Å². The lowest BCUT2D eigenvalue weighted by molar-refractivity contribution is -0.140. The Balaban J connectivity index is 1.67. The molecule has 8 nitrogen and oxygen atoms in total. The number of alkyl carbamates (subject to hydrolysis) is 1. The van der Waals surface area contributed by atoms with E-state index >= 15 is 0 Å². The van der Waals surface area contributed by atoms with Crippen molar-refractivity contribution in [2.24, 2.45) is 0 Å². The molecule has 0 heterocycles. The van der Waals surface area contributed by atoms with Gasteiger partial charge in [0.25, 0.3) is 0 Å². The highest BCUT2D eigenvalue weighted by Crippen LogP contribution is 2.44. The molecule has 0 radical (unpaired) electrons. The first-order chi connectivity index (χ1) is 15.2. The van der Waals surface area contributed by atoms with Crippen molar-refractivity contribution in [3.05, 3.63) is 59.7 Å². The van der Waals surface area contributed by atoms with Crippen LogP contribution in [0.25, 0.3) is 11.1 Å². The van der Waals surface area contributed by atoms with Gasteiger partial charge >= 0.3 is 12.1 Å². The minimum atomic E-state index is -1.30. The monoisotopic (exact) mass is 440 g/mol. The first-order valence-electron chi connectivity index (χ1n) is 10.5. The number of aliphatic hydroxyl groups is 1. The molecule has 0 aliphatic heterocycles. The lowest BCUT2D eigenvalue weighted by atomic mass is 9.98. The summed E-state index contributed by atoms with van der Waals surface area (Å²) >= 11 is 0. The van der Waals surface area contributed by atoms with E-state index in [-0.39, 0.29) is 25.6 Å². The number of carboxylic acids is 1. The summed E-state index contributed by atoms with van der Waals surface area (Å²) in [4.78, 5) is 36.2. The SMILES string of the molecule is CC(C)(CCO)NC(=O)C(CC(=O)O)NC(=O)OCC1c2ccccc2-c2ccccc21. The van der Waals surface area contributed by atoms with Crippen LogP contribution < -0.4 is 10.6 Å². The van der Waals surface area contributed by atoms with Crippen LogP contribution in [0.2, 0.25) is 0 Å². The first kappa shape index (κ1) is 23.3. The molecule has 8 heteroatoms. The molecule has 0 spiro atoms. The van der Waals surface area contributed by atoms with Crippen LogP contribution in [0.15, 0.2) is 48.5 Å². The quantitative estimate of drug-likeness (QED) is 0.475. The molecule has 2 aromatic carbocycles. The summed E-state index contributed by atoms with van der Waals surface area (Å²) in [6.45, 7) is 3.31. The predicted molar refractivity (Wildman–Crippen MR) is 118 cm³/mol. The highest BCUT2D eigenvalue weighted by molar-refractivity contribution is 5.89. The highest BCUT2D eigenvalue weighted by Gasteiger charge is 2.31. The Bertz CT molecular complexity index is 958. The Morgan fingerprint density at radius 2 is 1.59 bits per heavy atom. The largest absolute Gasteiger partial charge is 0.481 e. The molecule has 0 bridgehead atoms. The smallest absolute Gasteiger partial charge is 0.407 e. The molecule has 0 fully saturated rings. The van der Waals surface area contributed by atoms with Gasteiger partial charge in [-0.1, -0.05) is 48.5 Å². The molecule has 0 aromatic heterocycles. The van der Waals surface area contributed by atoms with Gasteiger partial charge < -0.3 is 25.6 Å². The zero-order valence-corrected chi connectivity index (χ0v) is 18.1. The maximum Gasteiger partial charge on any atom is 0.407 e. The Hall–Kier alpha value is -3.39. The molecule has 0 saturated heterocycles. The number of aliphatic carboxylic acids is 1. The maximum absolute atomic E-state index is 12.6. The normalized spacial score (nSPS) is 13.6. The number of nitrogens with one attached hydrogen (secondary N) is 2. The fourth-order valence-electron chi connectivity index (χ4n) is 3.93. The van der Waals surface area contributed by atoms with E-state index in [0.29, 0.717) is 0 Å². The number of rotatable bonds is 9. The van der Waals surface area contributed by atoms with Gasteiger partial charge in [-0.3, -0.25) is 9.59 Å². The number of amides is 2. The van der Waals surface area contributed by atoms with Gasteiger partial charge in [0, 0.05) is 18.1 Å². The van der Waals surface area contributed by atoms with E-state index in [2.05, 4.69) is 10.6 Å². The molecule has 1 unspecified atom stereocenters.